The number of hydrogen-bond donors (Lipinski definition) is 0. The van der Waals surface area contributed by atoms with E-state index in [9.17, 15) is 5.21 Å². The van der Waals surface area contributed by atoms with Crippen LogP contribution < -0.4 is 0 Å². The van der Waals surface area contributed by atoms with E-state index in [0.29, 0.717) is 11.0 Å². The molecule has 2 aromatic heterocycles. The van der Waals surface area contributed by atoms with Crippen LogP contribution in [0, 0.1) is 5.21 Å². The molecule has 14 heavy (non-hydrogen) atoms. The van der Waals surface area contributed by atoms with Crippen LogP contribution in [-0.4, -0.2) is 14.7 Å². The van der Waals surface area contributed by atoms with Gasteiger partial charge in [0.05, 0.1) is 23.6 Å². The molecule has 3 aromatic rings. The number of pyridine rings is 1. The molecule has 68 valence electrons. The van der Waals surface area contributed by atoms with Crippen LogP contribution in [0.2, 0.25) is 0 Å². The molecule has 0 saturated heterocycles. The van der Waals surface area contributed by atoms with Crippen molar-refractivity contribution in [1.82, 2.24) is 14.7 Å². The lowest BCUT2D eigenvalue weighted by molar-refractivity contribution is 1.12. The molecular weight excluding hydrogens is 178 g/mol. The molecular formula is C10H6N3O-. The molecule has 0 saturated carbocycles. The van der Waals surface area contributed by atoms with Crippen LogP contribution in [0.25, 0.3) is 21.9 Å². The maximum Gasteiger partial charge on any atom is 0.107 e. The third-order valence-electron chi connectivity index (χ3n) is 2.25. The number of imidazole rings is 1. The second-order valence-electron chi connectivity index (χ2n) is 3.08. The summed E-state index contributed by atoms with van der Waals surface area (Å²) in [5.74, 6) is 0. The third kappa shape index (κ3) is 0.821. The molecule has 0 N–H and O–H groups in total. The molecule has 0 unspecified atom stereocenters. The van der Waals surface area contributed by atoms with Crippen molar-refractivity contribution >= 4 is 21.9 Å². The zero-order chi connectivity index (χ0) is 9.54. The minimum Gasteiger partial charge on any atom is -0.805 e. The summed E-state index contributed by atoms with van der Waals surface area (Å²) in [7, 11) is 0. The van der Waals surface area contributed by atoms with Gasteiger partial charge in [0.25, 0.3) is 0 Å². The van der Waals surface area contributed by atoms with Crippen molar-refractivity contribution < 1.29 is 0 Å². The molecule has 0 aliphatic carbocycles. The monoisotopic (exact) mass is 184 g/mol. The van der Waals surface area contributed by atoms with Crippen molar-refractivity contribution in [3.63, 3.8) is 0 Å². The minimum absolute atomic E-state index is 0.593. The fraction of sp³-hybridized carbons (Fsp3) is 0. The average Bonchev–Trinajstić information content (AvgIpc) is 2.61. The molecule has 2 heterocycles. The largest absolute Gasteiger partial charge is 0.805 e. The fourth-order valence-corrected chi connectivity index (χ4v) is 1.61. The number of aromatic nitrogens is 3. The van der Waals surface area contributed by atoms with Crippen LogP contribution >= 0.6 is 0 Å². The van der Waals surface area contributed by atoms with E-state index >= 15 is 0 Å². The molecule has 4 heteroatoms. The Hall–Kier alpha value is -2.10. The second-order valence-corrected chi connectivity index (χ2v) is 3.08. The highest BCUT2D eigenvalue weighted by Crippen LogP contribution is 2.21. The van der Waals surface area contributed by atoms with Gasteiger partial charge in [0.1, 0.15) is 5.52 Å². The standard InChI is InChI=1S/C10H6N3O/c14-13-6-12-9-5-11-8-4-2-1-3-7(8)10(9)13/h1-6H/q-1. The maximum absolute atomic E-state index is 11.4. The lowest BCUT2D eigenvalue weighted by Crippen LogP contribution is -1.85. The summed E-state index contributed by atoms with van der Waals surface area (Å²) in [6, 6.07) is 7.53. The summed E-state index contributed by atoms with van der Waals surface area (Å²) in [6.45, 7) is 0. The van der Waals surface area contributed by atoms with Crippen molar-refractivity contribution in [2.24, 2.45) is 0 Å². The number of fused-ring (bicyclic) bond motifs is 3. The molecule has 0 bridgehead atoms. The lowest BCUT2D eigenvalue weighted by atomic mass is 10.2. The quantitative estimate of drug-likeness (QED) is 0.536. The summed E-state index contributed by atoms with van der Waals surface area (Å²) in [4.78, 5) is 8.16. The summed E-state index contributed by atoms with van der Waals surface area (Å²) in [6.07, 6.45) is 2.88. The maximum atomic E-state index is 11.4. The Bertz CT molecular complexity index is 615. The van der Waals surface area contributed by atoms with Gasteiger partial charge < -0.3 is 9.94 Å². The third-order valence-corrected chi connectivity index (χ3v) is 2.25. The van der Waals surface area contributed by atoms with E-state index in [0.717, 1.165) is 15.6 Å². The summed E-state index contributed by atoms with van der Waals surface area (Å²) >= 11 is 0. The highest BCUT2D eigenvalue weighted by Gasteiger charge is 2.02. The van der Waals surface area contributed by atoms with Gasteiger partial charge in [0.2, 0.25) is 0 Å². The van der Waals surface area contributed by atoms with E-state index < -0.39 is 0 Å². The molecule has 4 nitrogen and oxygen atoms in total. The molecule has 0 fully saturated rings. The van der Waals surface area contributed by atoms with E-state index in [2.05, 4.69) is 9.97 Å². The molecule has 0 aliphatic rings. The van der Waals surface area contributed by atoms with Crippen molar-refractivity contribution in [1.29, 1.82) is 0 Å². The van der Waals surface area contributed by atoms with Crippen molar-refractivity contribution in [2.75, 3.05) is 0 Å². The first-order valence-corrected chi connectivity index (χ1v) is 4.24. The first kappa shape index (κ1) is 7.32. The number of hydrogen-bond acceptors (Lipinski definition) is 3. The van der Waals surface area contributed by atoms with Crippen molar-refractivity contribution in [2.45, 2.75) is 0 Å². The molecule has 1 aromatic carbocycles. The Morgan fingerprint density at radius 1 is 1.07 bits per heavy atom. The van der Waals surface area contributed by atoms with E-state index in [-0.39, 0.29) is 0 Å². The van der Waals surface area contributed by atoms with Crippen LogP contribution in [0.15, 0.2) is 36.8 Å². The van der Waals surface area contributed by atoms with E-state index in [1.165, 1.54) is 6.33 Å². The Kier molecular flexibility index (Phi) is 1.28. The number of para-hydroxylation sites is 1. The second kappa shape index (κ2) is 2.45. The highest BCUT2D eigenvalue weighted by molar-refractivity contribution is 6.01. The van der Waals surface area contributed by atoms with Gasteiger partial charge in [-0.05, 0) is 6.07 Å². The number of nitrogens with zero attached hydrogens (tertiary/aromatic N) is 3. The summed E-state index contributed by atoms with van der Waals surface area (Å²) in [5, 5.41) is 12.3. The topological polar surface area (TPSA) is 53.8 Å². The van der Waals surface area contributed by atoms with E-state index in [1.807, 2.05) is 24.3 Å². The normalized spacial score (nSPS) is 11.1. The Morgan fingerprint density at radius 3 is 2.86 bits per heavy atom. The minimum atomic E-state index is 0.593. The van der Waals surface area contributed by atoms with Gasteiger partial charge in [-0.2, -0.15) is 0 Å². The predicted octanol–water partition coefficient (Wildman–Crippen LogP) is 1.93. The van der Waals surface area contributed by atoms with E-state index in [4.69, 9.17) is 0 Å². The Morgan fingerprint density at radius 2 is 1.93 bits per heavy atom. The molecule has 0 amide bonds. The van der Waals surface area contributed by atoms with Gasteiger partial charge in [0.15, 0.2) is 0 Å². The van der Waals surface area contributed by atoms with Gasteiger partial charge in [-0.25, -0.2) is 4.98 Å². The average molecular weight is 184 g/mol. The molecule has 3 rings (SSSR count). The van der Waals surface area contributed by atoms with Crippen LogP contribution in [0.3, 0.4) is 0 Å². The van der Waals surface area contributed by atoms with Crippen LogP contribution in [0.1, 0.15) is 0 Å². The number of rotatable bonds is 0. The summed E-state index contributed by atoms with van der Waals surface area (Å²) in [5.41, 5.74) is 2.05. The molecule has 0 aliphatic heterocycles. The first-order valence-electron chi connectivity index (χ1n) is 4.24. The van der Waals surface area contributed by atoms with E-state index in [1.54, 1.807) is 6.20 Å². The van der Waals surface area contributed by atoms with Crippen molar-refractivity contribution in [3.05, 3.63) is 42.0 Å². The van der Waals surface area contributed by atoms with Gasteiger partial charge in [-0.15, -0.1) is 0 Å². The highest BCUT2D eigenvalue weighted by atomic mass is 16.5. The van der Waals surface area contributed by atoms with Crippen molar-refractivity contribution in [3.8, 4) is 0 Å². The molecule has 0 atom stereocenters. The fourth-order valence-electron chi connectivity index (χ4n) is 1.61. The molecule has 0 spiro atoms. The van der Waals surface area contributed by atoms with Gasteiger partial charge in [-0.3, -0.25) is 4.98 Å². The Labute approximate surface area is 79.4 Å². The van der Waals surface area contributed by atoms with Crippen LogP contribution in [0.5, 0.6) is 0 Å². The molecule has 0 radical (unpaired) electrons. The first-order chi connectivity index (χ1) is 6.86. The number of benzene rings is 1. The predicted molar refractivity (Wildman–Crippen MR) is 53.8 cm³/mol. The lowest BCUT2D eigenvalue weighted by Gasteiger charge is -2.07. The van der Waals surface area contributed by atoms with Gasteiger partial charge in [-0.1, -0.05) is 18.2 Å². The van der Waals surface area contributed by atoms with Gasteiger partial charge in [0, 0.05) is 5.39 Å². The summed E-state index contributed by atoms with van der Waals surface area (Å²) < 4.78 is 0.777. The Balaban J connectivity index is 2.65. The zero-order valence-corrected chi connectivity index (χ0v) is 7.21. The zero-order valence-electron chi connectivity index (χ0n) is 7.21. The van der Waals surface area contributed by atoms with Crippen LogP contribution in [-0.2, 0) is 0 Å². The van der Waals surface area contributed by atoms with Crippen LogP contribution in [0.4, 0.5) is 0 Å². The van der Waals surface area contributed by atoms with Gasteiger partial charge >= 0.3 is 0 Å². The smallest absolute Gasteiger partial charge is 0.107 e. The SMILES string of the molecule is [O-]n1cnc2cnc3ccccc3c21.